The standard InChI is InChI=1S/C18H22ClN5O2.C5H11N/c1-18(2)6-12(3-4-26-18)7-21-17-10-20-9-15(24-17)13-5-16(23-11-25)22-8-14(13)19;1-2-4-6-5-3-1/h5,8-12H,3-4,6-7H2,1-2H3,(H,21,24)(H,22,23,25);6H,1-5H2. The average molecular weight is 461 g/mol. The van der Waals surface area contributed by atoms with Crippen molar-refractivity contribution in [3.8, 4) is 11.3 Å². The Morgan fingerprint density at radius 3 is 2.69 bits per heavy atom. The number of hydrogen-bond donors (Lipinski definition) is 3. The zero-order chi connectivity index (χ0) is 22.8. The predicted molar refractivity (Wildman–Crippen MR) is 128 cm³/mol. The molecule has 4 heterocycles. The highest BCUT2D eigenvalue weighted by molar-refractivity contribution is 6.33. The monoisotopic (exact) mass is 460 g/mol. The van der Waals surface area contributed by atoms with Gasteiger partial charge in [-0.05, 0) is 64.6 Å². The van der Waals surface area contributed by atoms with Crippen molar-refractivity contribution in [2.75, 3.05) is 36.9 Å². The molecule has 4 rings (SSSR count). The smallest absolute Gasteiger partial charge is 0.212 e. The van der Waals surface area contributed by atoms with Gasteiger partial charge in [-0.1, -0.05) is 18.0 Å². The van der Waals surface area contributed by atoms with Gasteiger partial charge in [0.1, 0.15) is 11.6 Å². The molecule has 2 aliphatic rings. The van der Waals surface area contributed by atoms with Gasteiger partial charge >= 0.3 is 0 Å². The van der Waals surface area contributed by atoms with Gasteiger partial charge in [0.15, 0.2) is 0 Å². The van der Waals surface area contributed by atoms with Gasteiger partial charge in [0.25, 0.3) is 0 Å². The Labute approximate surface area is 194 Å². The fraction of sp³-hybridized carbons (Fsp3) is 0.565. The van der Waals surface area contributed by atoms with Gasteiger partial charge < -0.3 is 20.7 Å². The molecule has 32 heavy (non-hydrogen) atoms. The number of aromatic nitrogens is 3. The Kier molecular flexibility index (Phi) is 9.20. The van der Waals surface area contributed by atoms with Gasteiger partial charge in [0.2, 0.25) is 6.41 Å². The largest absolute Gasteiger partial charge is 0.376 e. The molecule has 2 fully saturated rings. The van der Waals surface area contributed by atoms with Crippen LogP contribution in [0, 0.1) is 5.92 Å². The van der Waals surface area contributed by atoms with Crippen molar-refractivity contribution >= 4 is 29.6 Å². The Hall–Kier alpha value is -2.29. The number of rotatable bonds is 6. The molecule has 1 atom stereocenters. The number of pyridine rings is 1. The van der Waals surface area contributed by atoms with Gasteiger partial charge in [-0.25, -0.2) is 9.97 Å². The molecule has 0 aromatic carbocycles. The van der Waals surface area contributed by atoms with Crippen LogP contribution >= 0.6 is 11.6 Å². The van der Waals surface area contributed by atoms with E-state index in [1.807, 2.05) is 0 Å². The van der Waals surface area contributed by atoms with Crippen LogP contribution in [0.4, 0.5) is 11.6 Å². The first-order valence-corrected chi connectivity index (χ1v) is 11.6. The number of ether oxygens (including phenoxy) is 1. The Bertz CT molecular complexity index is 864. The van der Waals surface area contributed by atoms with E-state index in [9.17, 15) is 4.79 Å². The molecule has 1 amide bonds. The van der Waals surface area contributed by atoms with E-state index in [-0.39, 0.29) is 5.60 Å². The van der Waals surface area contributed by atoms with E-state index in [2.05, 4.69) is 44.7 Å². The predicted octanol–water partition coefficient (Wildman–Crippen LogP) is 4.14. The van der Waals surface area contributed by atoms with E-state index in [0.717, 1.165) is 26.0 Å². The van der Waals surface area contributed by atoms with Crippen LogP contribution in [-0.2, 0) is 9.53 Å². The van der Waals surface area contributed by atoms with Crippen LogP contribution in [0.3, 0.4) is 0 Å². The van der Waals surface area contributed by atoms with Crippen LogP contribution in [0.5, 0.6) is 0 Å². The second-order valence-corrected chi connectivity index (χ2v) is 9.17. The Morgan fingerprint density at radius 1 is 1.22 bits per heavy atom. The number of nitrogens with one attached hydrogen (secondary N) is 3. The highest BCUT2D eigenvalue weighted by Crippen LogP contribution is 2.30. The number of carbonyl (C=O) groups is 1. The van der Waals surface area contributed by atoms with E-state index >= 15 is 0 Å². The lowest BCUT2D eigenvalue weighted by atomic mass is 9.88. The normalized spacial score (nSPS) is 19.9. The van der Waals surface area contributed by atoms with E-state index in [0.29, 0.717) is 40.2 Å². The van der Waals surface area contributed by atoms with Gasteiger partial charge in [0, 0.05) is 24.9 Å². The summed E-state index contributed by atoms with van der Waals surface area (Å²) in [6.07, 6.45) is 11.6. The van der Waals surface area contributed by atoms with Crippen LogP contribution in [-0.4, -0.2) is 53.2 Å². The van der Waals surface area contributed by atoms with Gasteiger partial charge in [-0.3, -0.25) is 9.78 Å². The van der Waals surface area contributed by atoms with E-state index < -0.39 is 0 Å². The lowest BCUT2D eigenvalue weighted by molar-refractivity contribution is -0.105. The highest BCUT2D eigenvalue weighted by atomic mass is 35.5. The maximum atomic E-state index is 10.6. The van der Waals surface area contributed by atoms with Crippen LogP contribution in [0.15, 0.2) is 24.7 Å². The molecule has 0 bridgehead atoms. The highest BCUT2D eigenvalue weighted by Gasteiger charge is 2.28. The number of halogens is 1. The second-order valence-electron chi connectivity index (χ2n) is 8.76. The molecular weight excluding hydrogens is 428 g/mol. The first-order chi connectivity index (χ1) is 15.5. The van der Waals surface area contributed by atoms with Crippen LogP contribution in [0.1, 0.15) is 46.0 Å². The Morgan fingerprint density at radius 2 is 2.03 bits per heavy atom. The molecular formula is C23H33ClN6O2. The molecule has 174 valence electrons. The molecule has 8 nitrogen and oxygen atoms in total. The average Bonchev–Trinajstić information content (AvgIpc) is 2.80. The maximum Gasteiger partial charge on any atom is 0.212 e. The molecule has 3 N–H and O–H groups in total. The molecule has 1 unspecified atom stereocenters. The van der Waals surface area contributed by atoms with Crippen molar-refractivity contribution in [1.29, 1.82) is 0 Å². The van der Waals surface area contributed by atoms with Crippen LogP contribution < -0.4 is 16.0 Å². The SMILES string of the molecule is C1CCNCC1.CC1(C)CC(CNc2cncc(-c3cc(NC=O)ncc3Cl)n2)CCO1. The van der Waals surface area contributed by atoms with E-state index in [1.54, 1.807) is 18.5 Å². The molecule has 2 aromatic heterocycles. The number of piperidine rings is 1. The topological polar surface area (TPSA) is 101 Å². The van der Waals surface area contributed by atoms with E-state index in [1.165, 1.54) is 38.5 Å². The summed E-state index contributed by atoms with van der Waals surface area (Å²) in [5.41, 5.74) is 1.20. The third-order valence-corrected chi connectivity index (χ3v) is 5.85. The minimum atomic E-state index is -0.0787. The molecule has 0 aliphatic carbocycles. The number of carbonyl (C=O) groups excluding carboxylic acids is 1. The van der Waals surface area contributed by atoms with Crippen molar-refractivity contribution in [2.24, 2.45) is 5.92 Å². The van der Waals surface area contributed by atoms with Gasteiger partial charge in [-0.15, -0.1) is 0 Å². The minimum absolute atomic E-state index is 0.0787. The minimum Gasteiger partial charge on any atom is -0.376 e. The zero-order valence-electron chi connectivity index (χ0n) is 18.9. The molecule has 0 spiro atoms. The second kappa shape index (κ2) is 12.1. The fourth-order valence-electron chi connectivity index (χ4n) is 3.94. The maximum absolute atomic E-state index is 10.6. The number of amides is 1. The summed E-state index contributed by atoms with van der Waals surface area (Å²) >= 11 is 6.23. The van der Waals surface area contributed by atoms with Crippen LogP contribution in [0.25, 0.3) is 11.3 Å². The number of hydrogen-bond acceptors (Lipinski definition) is 7. The molecule has 2 aromatic rings. The summed E-state index contributed by atoms with van der Waals surface area (Å²) in [4.78, 5) is 23.5. The van der Waals surface area contributed by atoms with Crippen LogP contribution in [0.2, 0.25) is 5.02 Å². The molecule has 0 radical (unpaired) electrons. The van der Waals surface area contributed by atoms with Crippen molar-refractivity contribution in [2.45, 2.75) is 51.6 Å². The zero-order valence-corrected chi connectivity index (χ0v) is 19.6. The fourth-order valence-corrected chi connectivity index (χ4v) is 4.14. The summed E-state index contributed by atoms with van der Waals surface area (Å²) in [5.74, 6) is 1.62. The third-order valence-electron chi connectivity index (χ3n) is 5.55. The van der Waals surface area contributed by atoms with Crippen molar-refractivity contribution in [1.82, 2.24) is 20.3 Å². The third kappa shape index (κ3) is 7.69. The molecule has 0 saturated carbocycles. The summed E-state index contributed by atoms with van der Waals surface area (Å²) in [5, 5.41) is 9.60. The van der Waals surface area contributed by atoms with Crippen molar-refractivity contribution < 1.29 is 9.53 Å². The molecule has 2 saturated heterocycles. The molecule has 2 aliphatic heterocycles. The Balaban J connectivity index is 0.000000416. The number of anilines is 2. The first kappa shape index (κ1) is 24.4. The summed E-state index contributed by atoms with van der Waals surface area (Å²) in [6.45, 7) is 8.34. The quantitative estimate of drug-likeness (QED) is 0.557. The summed E-state index contributed by atoms with van der Waals surface area (Å²) in [6, 6.07) is 1.67. The van der Waals surface area contributed by atoms with Gasteiger partial charge in [-0.2, -0.15) is 0 Å². The number of nitrogens with zero attached hydrogens (tertiary/aromatic N) is 3. The lowest BCUT2D eigenvalue weighted by Gasteiger charge is -2.35. The summed E-state index contributed by atoms with van der Waals surface area (Å²) in [7, 11) is 0. The summed E-state index contributed by atoms with van der Waals surface area (Å²) < 4.78 is 5.76. The van der Waals surface area contributed by atoms with E-state index in [4.69, 9.17) is 16.3 Å². The molecule has 9 heteroatoms. The van der Waals surface area contributed by atoms with Crippen molar-refractivity contribution in [3.05, 3.63) is 29.7 Å². The first-order valence-electron chi connectivity index (χ1n) is 11.2. The van der Waals surface area contributed by atoms with Gasteiger partial charge in [0.05, 0.1) is 28.7 Å². The van der Waals surface area contributed by atoms with Crippen molar-refractivity contribution in [3.63, 3.8) is 0 Å². The lowest BCUT2D eigenvalue weighted by Crippen LogP contribution is -2.36.